The number of nitrogens with zero attached hydrogens (tertiary/aromatic N) is 4. The number of aromatic nitrogens is 2. The Balaban J connectivity index is 1.00. The molecule has 0 radical (unpaired) electrons. The second-order valence-corrected chi connectivity index (χ2v) is 26.7. The average Bonchev–Trinajstić information content (AvgIpc) is 1.64. The van der Waals surface area contributed by atoms with Gasteiger partial charge in [0.2, 0.25) is 0 Å². The van der Waals surface area contributed by atoms with E-state index < -0.39 is 109 Å². The van der Waals surface area contributed by atoms with E-state index in [0.29, 0.717) is 61.7 Å². The summed E-state index contributed by atoms with van der Waals surface area (Å²) in [7, 11) is 0. The average molecular weight is 1340 g/mol. The van der Waals surface area contributed by atoms with Gasteiger partial charge in [0.05, 0.1) is 62.4 Å². The van der Waals surface area contributed by atoms with Crippen molar-refractivity contribution in [3.63, 3.8) is 0 Å². The van der Waals surface area contributed by atoms with E-state index in [0.717, 1.165) is 44.1 Å². The van der Waals surface area contributed by atoms with Crippen LogP contribution in [0.5, 0.6) is 23.0 Å². The van der Waals surface area contributed by atoms with Crippen LogP contribution >= 0.6 is 0 Å². The summed E-state index contributed by atoms with van der Waals surface area (Å²) in [5.74, 6) is -0.441. The molecule has 5 aliphatic rings. The van der Waals surface area contributed by atoms with Crippen LogP contribution < -0.4 is 52.1 Å². The summed E-state index contributed by atoms with van der Waals surface area (Å²) >= 11 is 0. The third kappa shape index (κ3) is 8.07. The Hall–Kier alpha value is -13.6. The molecule has 104 heavy (non-hydrogen) atoms. The fourth-order valence-corrected chi connectivity index (χ4v) is 17.2. The minimum Gasteiger partial charge on any atom is -0.459 e. The fourth-order valence-electron chi connectivity index (χ4n) is 17.2. The highest BCUT2D eigenvalue weighted by atomic mass is 16.5. The molecule has 7 heterocycles. The molecular formula is C96H58B2N4O2. The summed E-state index contributed by atoms with van der Waals surface area (Å²) < 4.78 is 193. The molecule has 0 amide bonds. The lowest BCUT2D eigenvalue weighted by Crippen LogP contribution is -2.66. The first-order chi connectivity index (χ1) is 58.8. The maximum atomic E-state index is 12.3. The standard InChI is InChI=1S/C96H58B2N4O2/c1-7-27-59(28-8-1)65-49-51-76-80(53-65)101(93-68(61-31-11-3-12-32-61)42-25-43-69(93)62-33-13-4-14-34-62)81-56-67(99-77-46-22-19-39-72(77)73-40-20-23-47-78(73)99)57-82-88(81)97(76)89-83(102(82)94-70(63-35-15-5-16-36-63)44-26-45-71(94)64-37-17-6-18-38-64)58-84-90-96(89)104-87-55-66(60-29-9-2-10-30-60)54-86-91(87)98(90)92-85(103-86)52-50-75-74-41-21-24-48-79(74)100(84)95(75)92/h1-58H/i1D,7D,8D,21D,24D,27D,28D,41D,48D,49D,50D,51D,52D,53D,54D,55D,58D. The molecule has 0 unspecified atom stereocenters. The van der Waals surface area contributed by atoms with Gasteiger partial charge in [-0.15, -0.1) is 0 Å². The van der Waals surface area contributed by atoms with Gasteiger partial charge in [0, 0.05) is 77.7 Å². The molecule has 480 valence electrons. The van der Waals surface area contributed by atoms with E-state index in [4.69, 9.17) is 10.8 Å². The highest BCUT2D eigenvalue weighted by Crippen LogP contribution is 2.56. The van der Waals surface area contributed by atoms with E-state index in [1.54, 1.807) is 28.8 Å². The summed E-state index contributed by atoms with van der Waals surface area (Å²) in [6.07, 6.45) is 0. The largest absolute Gasteiger partial charge is 0.459 e. The van der Waals surface area contributed by atoms with Crippen LogP contribution in [0.25, 0.3) is 122 Å². The van der Waals surface area contributed by atoms with Crippen LogP contribution in [0.4, 0.5) is 34.1 Å². The van der Waals surface area contributed by atoms with Gasteiger partial charge in [0.1, 0.15) is 23.0 Å². The number of rotatable bonds is 9. The van der Waals surface area contributed by atoms with Gasteiger partial charge in [-0.05, 0) is 138 Å². The predicted octanol–water partition coefficient (Wildman–Crippen LogP) is 21.0. The molecule has 0 aliphatic carbocycles. The summed E-state index contributed by atoms with van der Waals surface area (Å²) in [6.45, 7) is -2.84. The quantitative estimate of drug-likeness (QED) is 0.135. The van der Waals surface area contributed by atoms with Crippen molar-refractivity contribution < 1.29 is 32.8 Å². The Kier molecular flexibility index (Phi) is 9.13. The van der Waals surface area contributed by atoms with E-state index in [-0.39, 0.29) is 113 Å². The summed E-state index contributed by atoms with van der Waals surface area (Å²) in [5.41, 5.74) is 9.93. The summed E-state index contributed by atoms with van der Waals surface area (Å²) in [6, 6.07) is 70.8. The number of ether oxygens (including phenoxy) is 2. The Labute approximate surface area is 625 Å². The van der Waals surface area contributed by atoms with Crippen molar-refractivity contribution in [3.05, 3.63) is 351 Å². The first-order valence-electron chi connectivity index (χ1n) is 43.1. The molecule has 0 saturated heterocycles. The Morgan fingerprint density at radius 1 is 0.279 bits per heavy atom. The molecule has 23 rings (SSSR count). The van der Waals surface area contributed by atoms with Gasteiger partial charge in [-0.25, -0.2) is 0 Å². The lowest BCUT2D eigenvalue weighted by atomic mass is 9.29. The summed E-state index contributed by atoms with van der Waals surface area (Å²) in [4.78, 5) is 4.02. The van der Waals surface area contributed by atoms with Crippen LogP contribution in [0.2, 0.25) is 0 Å². The van der Waals surface area contributed by atoms with Crippen LogP contribution in [-0.2, 0) is 0 Å². The van der Waals surface area contributed by atoms with Crippen LogP contribution in [0.15, 0.2) is 351 Å². The Morgan fingerprint density at radius 3 is 1.38 bits per heavy atom. The van der Waals surface area contributed by atoms with Crippen LogP contribution in [0, 0.1) is 0 Å². The van der Waals surface area contributed by atoms with Gasteiger partial charge in [-0.3, -0.25) is 0 Å². The van der Waals surface area contributed by atoms with Crippen molar-refractivity contribution >= 4 is 124 Å². The zero-order valence-electron chi connectivity index (χ0n) is 71.9. The maximum Gasteiger partial charge on any atom is 0.266 e. The number of benzene rings is 16. The maximum absolute atomic E-state index is 12.3. The molecule has 0 saturated carbocycles. The van der Waals surface area contributed by atoms with Gasteiger partial charge in [0.25, 0.3) is 13.4 Å². The number of para-hydroxylation sites is 5. The number of hydrogen-bond donors (Lipinski definition) is 0. The van der Waals surface area contributed by atoms with E-state index in [1.807, 2.05) is 205 Å². The minimum atomic E-state index is -1.52. The normalized spacial score (nSPS) is 15.4. The second-order valence-electron chi connectivity index (χ2n) is 26.7. The molecule has 2 aromatic heterocycles. The van der Waals surface area contributed by atoms with E-state index in [2.05, 4.69) is 33.7 Å². The molecular weight excluding hydrogens is 1260 g/mol. The van der Waals surface area contributed by atoms with Crippen molar-refractivity contribution in [1.82, 2.24) is 9.13 Å². The van der Waals surface area contributed by atoms with Gasteiger partial charge in [0.15, 0.2) is 0 Å². The van der Waals surface area contributed by atoms with E-state index >= 15 is 0 Å². The molecule has 0 spiro atoms. The lowest BCUT2D eigenvalue weighted by Gasteiger charge is -2.48. The van der Waals surface area contributed by atoms with Gasteiger partial charge >= 0.3 is 0 Å². The first-order valence-corrected chi connectivity index (χ1v) is 34.6. The Bertz CT molecular complexity index is 7570. The van der Waals surface area contributed by atoms with Gasteiger partial charge < -0.3 is 28.4 Å². The molecule has 0 N–H and O–H groups in total. The number of fused-ring (bicyclic) bond motifs is 12. The first kappa shape index (κ1) is 43.2. The molecule has 0 bridgehead atoms. The number of hydrogen-bond acceptors (Lipinski definition) is 4. The second kappa shape index (κ2) is 22.0. The molecule has 6 nitrogen and oxygen atoms in total. The molecule has 0 atom stereocenters. The van der Waals surface area contributed by atoms with Crippen LogP contribution in [0.3, 0.4) is 0 Å². The molecule has 16 aromatic carbocycles. The highest BCUT2D eigenvalue weighted by Gasteiger charge is 2.53. The van der Waals surface area contributed by atoms with Crippen molar-refractivity contribution in [1.29, 1.82) is 0 Å². The van der Waals surface area contributed by atoms with E-state index in [9.17, 15) is 21.9 Å². The minimum absolute atomic E-state index is 0.000631. The lowest BCUT2D eigenvalue weighted by molar-refractivity contribution is 0.466. The molecule has 0 fully saturated rings. The third-order valence-corrected chi connectivity index (χ3v) is 21.3. The van der Waals surface area contributed by atoms with Crippen molar-refractivity contribution in [3.8, 4) is 101 Å². The third-order valence-electron chi connectivity index (χ3n) is 21.3. The van der Waals surface area contributed by atoms with Gasteiger partial charge in [-0.2, -0.15) is 0 Å². The van der Waals surface area contributed by atoms with Crippen molar-refractivity contribution in [2.45, 2.75) is 0 Å². The predicted molar refractivity (Wildman–Crippen MR) is 433 cm³/mol. The van der Waals surface area contributed by atoms with Crippen LogP contribution in [0.1, 0.15) is 23.3 Å². The molecule has 5 aliphatic heterocycles. The van der Waals surface area contributed by atoms with Crippen molar-refractivity contribution in [2.24, 2.45) is 0 Å². The zero-order chi connectivity index (χ0) is 82.6. The molecule has 8 heteroatoms. The van der Waals surface area contributed by atoms with Gasteiger partial charge in [-0.1, -0.05) is 285 Å². The summed E-state index contributed by atoms with van der Waals surface area (Å²) in [5, 5.41) is 1.65. The topological polar surface area (TPSA) is 34.8 Å². The van der Waals surface area contributed by atoms with E-state index in [1.165, 1.54) is 0 Å². The van der Waals surface area contributed by atoms with Crippen molar-refractivity contribution in [2.75, 3.05) is 9.80 Å². The Morgan fingerprint density at radius 2 is 0.788 bits per heavy atom. The van der Waals surface area contributed by atoms with Crippen LogP contribution in [-0.4, -0.2) is 22.6 Å². The zero-order valence-corrected chi connectivity index (χ0v) is 54.9. The molecule has 18 aromatic rings. The SMILES string of the molecule is [2H]c1c([2H])c([2H])c(-c2c([2H])c([2H])c3c(c2[2H])N(c2c(-c4ccccc4)cccc2-c2ccccc2)c2cc(-n4c5ccccc5c5ccccc54)cc4c2B3c2c3c5c(c([2H])c2N4c2c(-c4ccccc4)cccc2-c2ccccc2)-n2c4c([2H])c([2H])c([2H])c([2H])c4c4c([2H])c([2H])c6c(c42)B5c2c(c([2H])c(-c4ccccc4)c([2H])c2O6)O3)c([2H])c1[2H]. The number of anilines is 6. The smallest absolute Gasteiger partial charge is 0.266 e. The monoisotopic (exact) mass is 1340 g/mol. The highest BCUT2D eigenvalue weighted by molar-refractivity contribution is 7.04. The fraction of sp³-hybridized carbons (Fsp3) is 0.